The molecular weight excluding hydrogens is 319 g/mol. The number of hydrogen-bond acceptors (Lipinski definition) is 4. The summed E-state index contributed by atoms with van der Waals surface area (Å²) in [7, 11) is 4.87. The Morgan fingerprint density at radius 1 is 1.22 bits per heavy atom. The van der Waals surface area contributed by atoms with E-state index in [1.54, 1.807) is 30.8 Å². The van der Waals surface area contributed by atoms with Gasteiger partial charge in [-0.15, -0.1) is 4.99 Å². The number of benzene rings is 1. The monoisotopic (exact) mass is 335 g/mol. The molecule has 0 bridgehead atoms. The molecule has 0 radical (unpaired) electrons. The summed E-state index contributed by atoms with van der Waals surface area (Å²) in [6.07, 6.45) is 0. The Kier molecular flexibility index (Phi) is 3.93. The molecule has 1 aromatic carbocycles. The molecule has 0 N–H and O–H groups in total. The van der Waals surface area contributed by atoms with Crippen LogP contribution < -0.4 is 0 Å². The summed E-state index contributed by atoms with van der Waals surface area (Å²) >= 11 is 1.45. The topological polar surface area (TPSA) is 56.0 Å². The number of imide groups is 1. The molecule has 0 aromatic heterocycles. The highest BCUT2D eigenvalue weighted by Crippen LogP contribution is 2.23. The van der Waals surface area contributed by atoms with E-state index in [9.17, 15) is 14.0 Å². The number of rotatable bonds is 2. The number of halogens is 1. The van der Waals surface area contributed by atoms with Crippen molar-refractivity contribution >= 4 is 34.7 Å². The normalized spacial score (nSPS) is 21.0. The van der Waals surface area contributed by atoms with Crippen molar-refractivity contribution in [2.24, 2.45) is 4.99 Å². The molecule has 1 aromatic rings. The zero-order chi connectivity index (χ0) is 16.7. The zero-order valence-electron chi connectivity index (χ0n) is 13.0. The van der Waals surface area contributed by atoms with Crippen LogP contribution in [0, 0.1) is 5.82 Å². The molecule has 8 heteroatoms. The van der Waals surface area contributed by atoms with Crippen LogP contribution in [-0.4, -0.2) is 64.5 Å². The predicted molar refractivity (Wildman–Crippen MR) is 86.0 cm³/mol. The Hall–Kier alpha value is -2.22. The maximum Gasteiger partial charge on any atom is 0.388 e. The van der Waals surface area contributed by atoms with Gasteiger partial charge in [-0.2, -0.15) is 0 Å². The third-order valence-corrected chi connectivity index (χ3v) is 4.99. The summed E-state index contributed by atoms with van der Waals surface area (Å²) in [4.78, 5) is 31.2. The molecule has 0 saturated carbocycles. The second-order valence-corrected chi connectivity index (χ2v) is 6.33. The quantitative estimate of drug-likeness (QED) is 0.767. The van der Waals surface area contributed by atoms with Gasteiger partial charge in [0, 0.05) is 12.8 Å². The third kappa shape index (κ3) is 2.63. The Morgan fingerprint density at radius 2 is 1.87 bits per heavy atom. The first-order valence-corrected chi connectivity index (χ1v) is 7.99. The number of thioether (sulfide) groups is 1. The molecule has 3 rings (SSSR count). The Labute approximate surface area is 137 Å². The van der Waals surface area contributed by atoms with E-state index < -0.39 is 6.04 Å². The van der Waals surface area contributed by atoms with Crippen molar-refractivity contribution in [2.75, 3.05) is 21.1 Å². The van der Waals surface area contributed by atoms with Gasteiger partial charge in [-0.05, 0) is 29.5 Å². The number of carbonyl (C=O) groups is 2. The SMILES string of the molecule is CN1C(=O)C2N=C(SCc3ccc(F)cc3)[N+](C)=C2N(C)C1=O. The smallest absolute Gasteiger partial charge is 0.269 e. The summed E-state index contributed by atoms with van der Waals surface area (Å²) < 4.78 is 14.7. The van der Waals surface area contributed by atoms with Gasteiger partial charge in [-0.25, -0.2) is 18.7 Å². The van der Waals surface area contributed by atoms with Crippen LogP contribution in [0.2, 0.25) is 0 Å². The highest BCUT2D eigenvalue weighted by atomic mass is 32.2. The van der Waals surface area contributed by atoms with Gasteiger partial charge in [0.1, 0.15) is 5.82 Å². The van der Waals surface area contributed by atoms with Crippen LogP contribution in [-0.2, 0) is 10.5 Å². The number of aliphatic imine (C=N–C) groups is 1. The van der Waals surface area contributed by atoms with Crippen molar-refractivity contribution in [3.8, 4) is 0 Å². The zero-order valence-corrected chi connectivity index (χ0v) is 13.8. The minimum Gasteiger partial charge on any atom is -0.269 e. The van der Waals surface area contributed by atoms with Gasteiger partial charge in [-0.3, -0.25) is 9.69 Å². The van der Waals surface area contributed by atoms with Crippen molar-refractivity contribution in [3.63, 3.8) is 0 Å². The summed E-state index contributed by atoms with van der Waals surface area (Å²) in [6.45, 7) is 0. The number of fused-ring (bicyclic) bond motifs is 1. The minimum atomic E-state index is -0.677. The lowest BCUT2D eigenvalue weighted by molar-refractivity contribution is -0.367. The van der Waals surface area contributed by atoms with Crippen LogP contribution in [0.1, 0.15) is 5.56 Å². The van der Waals surface area contributed by atoms with Crippen LogP contribution >= 0.6 is 11.8 Å². The first-order chi connectivity index (χ1) is 10.9. The molecule has 23 heavy (non-hydrogen) atoms. The van der Waals surface area contributed by atoms with Gasteiger partial charge in [0.05, 0.1) is 14.1 Å². The van der Waals surface area contributed by atoms with Crippen LogP contribution in [0.5, 0.6) is 0 Å². The van der Waals surface area contributed by atoms with E-state index in [-0.39, 0.29) is 17.8 Å². The number of amidine groups is 2. The van der Waals surface area contributed by atoms with E-state index in [4.69, 9.17) is 0 Å². The molecular formula is C15H16FN4O2S+. The van der Waals surface area contributed by atoms with E-state index in [0.29, 0.717) is 16.8 Å². The summed E-state index contributed by atoms with van der Waals surface area (Å²) in [5.41, 5.74) is 0.959. The maximum atomic E-state index is 12.9. The van der Waals surface area contributed by atoms with Crippen molar-refractivity contribution < 1.29 is 18.6 Å². The number of amides is 3. The molecule has 3 amide bonds. The summed E-state index contributed by atoms with van der Waals surface area (Å²) in [5.74, 6) is 0.571. The Morgan fingerprint density at radius 3 is 2.52 bits per heavy atom. The first kappa shape index (κ1) is 15.7. The van der Waals surface area contributed by atoms with Gasteiger partial charge in [0.25, 0.3) is 23.0 Å². The summed E-state index contributed by atoms with van der Waals surface area (Å²) in [6, 6.07) is 5.21. The average Bonchev–Trinajstić information content (AvgIpc) is 2.87. The molecule has 2 aliphatic heterocycles. The van der Waals surface area contributed by atoms with E-state index >= 15 is 0 Å². The van der Waals surface area contributed by atoms with Crippen molar-refractivity contribution in [2.45, 2.75) is 11.8 Å². The van der Waals surface area contributed by atoms with Crippen LogP contribution in [0.4, 0.5) is 9.18 Å². The minimum absolute atomic E-state index is 0.274. The second kappa shape index (κ2) is 5.77. The lowest BCUT2D eigenvalue weighted by atomic mass is 10.2. The van der Waals surface area contributed by atoms with Gasteiger partial charge in [0.2, 0.25) is 0 Å². The average molecular weight is 335 g/mol. The van der Waals surface area contributed by atoms with Gasteiger partial charge in [0.15, 0.2) is 0 Å². The van der Waals surface area contributed by atoms with Gasteiger partial charge >= 0.3 is 6.03 Å². The van der Waals surface area contributed by atoms with E-state index in [0.717, 1.165) is 10.5 Å². The van der Waals surface area contributed by atoms with E-state index in [2.05, 4.69) is 4.99 Å². The standard InChI is InChI=1S/C15H16FN4O2S/c1-18-12-11(13(21)20(3)15(22)19(12)2)17-14(18)23-8-9-4-6-10(16)7-5-9/h4-7,11H,8H2,1-3H3/q+1. The number of hydrogen-bond donors (Lipinski definition) is 0. The van der Waals surface area contributed by atoms with E-state index in [1.165, 1.54) is 35.8 Å². The second-order valence-electron chi connectivity index (χ2n) is 5.39. The highest BCUT2D eigenvalue weighted by Gasteiger charge is 2.51. The molecule has 1 atom stereocenters. The van der Waals surface area contributed by atoms with Crippen molar-refractivity contribution in [3.05, 3.63) is 35.6 Å². The Bertz CT molecular complexity index is 744. The molecule has 1 saturated heterocycles. The van der Waals surface area contributed by atoms with Crippen molar-refractivity contribution in [1.82, 2.24) is 9.80 Å². The maximum absolute atomic E-state index is 12.9. The molecule has 2 aliphatic rings. The fraction of sp³-hybridized carbons (Fsp3) is 0.333. The number of carbonyl (C=O) groups excluding carboxylic acids is 2. The van der Waals surface area contributed by atoms with Gasteiger partial charge < -0.3 is 0 Å². The van der Waals surface area contributed by atoms with Crippen LogP contribution in [0.3, 0.4) is 0 Å². The molecule has 1 unspecified atom stereocenters. The molecule has 2 heterocycles. The highest BCUT2D eigenvalue weighted by molar-refractivity contribution is 8.12. The molecule has 6 nitrogen and oxygen atoms in total. The largest absolute Gasteiger partial charge is 0.388 e. The summed E-state index contributed by atoms with van der Waals surface area (Å²) in [5, 5.41) is 0.664. The number of likely N-dealkylation sites (N-methyl/N-ethyl adjacent to an activating group) is 2. The van der Waals surface area contributed by atoms with E-state index in [1.807, 2.05) is 0 Å². The lowest BCUT2D eigenvalue weighted by Crippen LogP contribution is -2.59. The third-order valence-electron chi connectivity index (χ3n) is 3.88. The van der Waals surface area contributed by atoms with Crippen LogP contribution in [0.25, 0.3) is 0 Å². The van der Waals surface area contributed by atoms with Crippen LogP contribution in [0.15, 0.2) is 29.3 Å². The van der Waals surface area contributed by atoms with Gasteiger partial charge in [-0.1, -0.05) is 12.1 Å². The predicted octanol–water partition coefficient (Wildman–Crippen LogP) is 1.36. The molecule has 1 fully saturated rings. The van der Waals surface area contributed by atoms with Crippen molar-refractivity contribution in [1.29, 1.82) is 0 Å². The number of urea groups is 1. The fourth-order valence-electron chi connectivity index (χ4n) is 2.57. The first-order valence-electron chi connectivity index (χ1n) is 7.01. The fourth-order valence-corrected chi connectivity index (χ4v) is 3.53. The lowest BCUT2D eigenvalue weighted by Gasteiger charge is -2.27. The molecule has 120 valence electrons. The molecule has 0 spiro atoms. The Balaban J connectivity index is 1.81. The molecule has 0 aliphatic carbocycles. The number of nitrogens with zero attached hydrogens (tertiary/aromatic N) is 4.